The van der Waals surface area contributed by atoms with Crippen LogP contribution in [0.15, 0.2) is 42.5 Å². The summed E-state index contributed by atoms with van der Waals surface area (Å²) in [5.74, 6) is 0.744. The van der Waals surface area contributed by atoms with Crippen molar-refractivity contribution >= 4 is 35.2 Å². The molecule has 0 aromatic heterocycles. The molecule has 2 aromatic carbocycles. The molecule has 0 radical (unpaired) electrons. The van der Waals surface area contributed by atoms with Gasteiger partial charge < -0.3 is 16.0 Å². The number of benzene rings is 2. The fraction of sp³-hybridized carbons (Fsp3) is 0.500. The van der Waals surface area contributed by atoms with Gasteiger partial charge in [0.05, 0.1) is 0 Å². The van der Waals surface area contributed by atoms with E-state index in [1.807, 2.05) is 47.4 Å². The Morgan fingerprint density at radius 1 is 1.16 bits per heavy atom. The van der Waals surface area contributed by atoms with Crippen LogP contribution in [0.5, 0.6) is 0 Å². The van der Waals surface area contributed by atoms with Crippen LogP contribution in [-0.2, 0) is 4.79 Å². The molecule has 2 amide bonds. The van der Waals surface area contributed by atoms with Gasteiger partial charge in [-0.05, 0) is 29.7 Å². The molecule has 1 heterocycles. The third kappa shape index (κ3) is 6.45. The summed E-state index contributed by atoms with van der Waals surface area (Å²) in [5.41, 5.74) is 6.94. The molecule has 2 aromatic rings. The molecule has 3 rings (SSSR count). The number of hydrogen-bond acceptors (Lipinski definition) is 5. The van der Waals surface area contributed by atoms with E-state index in [-0.39, 0.29) is 23.9 Å². The SMILES string of the molecule is CC(=O)NCCCCC1CN(C(=O)c2cccc3ccccc23)CCN1CC(N)CS. The molecular formula is C24H34N4O2S. The summed E-state index contributed by atoms with van der Waals surface area (Å²) in [6, 6.07) is 14.2. The minimum atomic E-state index is 0.00547. The molecule has 3 N–H and O–H groups in total. The van der Waals surface area contributed by atoms with Gasteiger partial charge in [0.2, 0.25) is 5.91 Å². The van der Waals surface area contributed by atoms with Crippen molar-refractivity contribution in [2.24, 2.45) is 5.73 Å². The Labute approximate surface area is 190 Å². The third-order valence-corrected chi connectivity index (χ3v) is 6.42. The molecule has 1 saturated heterocycles. The molecule has 168 valence electrons. The van der Waals surface area contributed by atoms with Crippen LogP contribution in [0.25, 0.3) is 10.8 Å². The minimum Gasteiger partial charge on any atom is -0.356 e. The van der Waals surface area contributed by atoms with Crippen molar-refractivity contribution in [3.05, 3.63) is 48.0 Å². The maximum atomic E-state index is 13.4. The fourth-order valence-corrected chi connectivity index (χ4v) is 4.42. The molecule has 0 bridgehead atoms. The van der Waals surface area contributed by atoms with E-state index < -0.39 is 0 Å². The number of fused-ring (bicyclic) bond motifs is 1. The first-order valence-electron chi connectivity index (χ1n) is 11.1. The lowest BCUT2D eigenvalue weighted by atomic mass is 10.0. The summed E-state index contributed by atoms with van der Waals surface area (Å²) in [4.78, 5) is 28.9. The summed E-state index contributed by atoms with van der Waals surface area (Å²) >= 11 is 4.34. The molecule has 2 unspecified atom stereocenters. The van der Waals surface area contributed by atoms with Crippen molar-refractivity contribution in [3.63, 3.8) is 0 Å². The van der Waals surface area contributed by atoms with Crippen molar-refractivity contribution in [1.29, 1.82) is 0 Å². The van der Waals surface area contributed by atoms with Gasteiger partial charge in [0.15, 0.2) is 0 Å². The summed E-state index contributed by atoms with van der Waals surface area (Å²) in [6.07, 6.45) is 2.89. The van der Waals surface area contributed by atoms with E-state index in [1.54, 1.807) is 6.92 Å². The van der Waals surface area contributed by atoms with Crippen LogP contribution in [0.3, 0.4) is 0 Å². The monoisotopic (exact) mass is 442 g/mol. The molecular weight excluding hydrogens is 408 g/mol. The van der Waals surface area contributed by atoms with E-state index in [4.69, 9.17) is 5.73 Å². The summed E-state index contributed by atoms with van der Waals surface area (Å²) in [6.45, 7) is 5.23. The van der Waals surface area contributed by atoms with Crippen LogP contribution in [-0.4, -0.2) is 72.2 Å². The third-order valence-electron chi connectivity index (χ3n) is 5.95. The van der Waals surface area contributed by atoms with Crippen molar-refractivity contribution in [1.82, 2.24) is 15.1 Å². The van der Waals surface area contributed by atoms with E-state index in [0.717, 1.165) is 48.7 Å². The lowest BCUT2D eigenvalue weighted by molar-refractivity contribution is -0.118. The van der Waals surface area contributed by atoms with E-state index in [2.05, 4.69) is 22.8 Å². The van der Waals surface area contributed by atoms with Crippen LogP contribution in [0.4, 0.5) is 0 Å². The number of unbranched alkanes of at least 4 members (excludes halogenated alkanes) is 1. The lowest BCUT2D eigenvalue weighted by Gasteiger charge is -2.42. The zero-order valence-electron chi connectivity index (χ0n) is 18.3. The van der Waals surface area contributed by atoms with Crippen LogP contribution in [0.2, 0.25) is 0 Å². The normalized spacial score (nSPS) is 18.2. The molecule has 7 heteroatoms. The second kappa shape index (κ2) is 11.5. The van der Waals surface area contributed by atoms with E-state index in [9.17, 15) is 9.59 Å². The van der Waals surface area contributed by atoms with Gasteiger partial charge in [-0.25, -0.2) is 0 Å². The van der Waals surface area contributed by atoms with Gasteiger partial charge in [0, 0.05) is 63.0 Å². The Balaban J connectivity index is 1.69. The minimum absolute atomic E-state index is 0.00547. The van der Waals surface area contributed by atoms with Crippen LogP contribution < -0.4 is 11.1 Å². The molecule has 0 saturated carbocycles. The van der Waals surface area contributed by atoms with Gasteiger partial charge in [0.1, 0.15) is 0 Å². The van der Waals surface area contributed by atoms with E-state index in [1.165, 1.54) is 0 Å². The first kappa shape index (κ1) is 23.6. The van der Waals surface area contributed by atoms with Crippen molar-refractivity contribution < 1.29 is 9.59 Å². The highest BCUT2D eigenvalue weighted by Crippen LogP contribution is 2.23. The molecule has 2 atom stereocenters. The fourth-order valence-electron chi connectivity index (χ4n) is 4.30. The van der Waals surface area contributed by atoms with Gasteiger partial charge in [-0.15, -0.1) is 0 Å². The highest BCUT2D eigenvalue weighted by atomic mass is 32.1. The average Bonchev–Trinajstić information content (AvgIpc) is 2.78. The van der Waals surface area contributed by atoms with Crippen molar-refractivity contribution in [3.8, 4) is 0 Å². The highest BCUT2D eigenvalue weighted by molar-refractivity contribution is 7.80. The van der Waals surface area contributed by atoms with Gasteiger partial charge in [0.25, 0.3) is 5.91 Å². The number of carbonyl (C=O) groups is 2. The van der Waals surface area contributed by atoms with Crippen LogP contribution in [0.1, 0.15) is 36.5 Å². The predicted octanol–water partition coefficient (Wildman–Crippen LogP) is 2.53. The van der Waals surface area contributed by atoms with Crippen molar-refractivity contribution in [2.45, 2.75) is 38.3 Å². The zero-order chi connectivity index (χ0) is 22.2. The van der Waals surface area contributed by atoms with Gasteiger partial charge in [-0.2, -0.15) is 12.6 Å². The first-order valence-corrected chi connectivity index (χ1v) is 11.7. The Morgan fingerprint density at radius 3 is 2.71 bits per heavy atom. The smallest absolute Gasteiger partial charge is 0.254 e. The Kier molecular flexibility index (Phi) is 8.75. The summed E-state index contributed by atoms with van der Waals surface area (Å²) in [5, 5.41) is 4.94. The number of amides is 2. The van der Waals surface area contributed by atoms with Gasteiger partial charge >= 0.3 is 0 Å². The molecule has 0 spiro atoms. The Morgan fingerprint density at radius 2 is 1.94 bits per heavy atom. The predicted molar refractivity (Wildman–Crippen MR) is 130 cm³/mol. The second-order valence-corrected chi connectivity index (χ2v) is 8.71. The number of thiol groups is 1. The molecule has 1 aliphatic heterocycles. The standard InChI is InChI=1S/C24H34N4O2S/c1-18(29)26-12-5-4-9-21-16-28(14-13-27(21)15-20(25)17-31)24(30)23-11-6-8-19-7-2-3-10-22(19)23/h2-3,6-8,10-11,20-21,31H,4-5,9,12-17,25H2,1H3,(H,26,29). The number of rotatable bonds is 9. The average molecular weight is 443 g/mol. The molecule has 1 fully saturated rings. The number of nitrogens with one attached hydrogen (secondary N) is 1. The maximum absolute atomic E-state index is 13.4. The first-order chi connectivity index (χ1) is 15.0. The zero-order valence-corrected chi connectivity index (χ0v) is 19.2. The highest BCUT2D eigenvalue weighted by Gasteiger charge is 2.30. The molecule has 31 heavy (non-hydrogen) atoms. The topological polar surface area (TPSA) is 78.7 Å². The van der Waals surface area contributed by atoms with Gasteiger partial charge in [-0.1, -0.05) is 42.8 Å². The Bertz CT molecular complexity index is 886. The molecule has 6 nitrogen and oxygen atoms in total. The van der Waals surface area contributed by atoms with Crippen LogP contribution >= 0.6 is 12.6 Å². The Hall–Kier alpha value is -2.09. The summed E-state index contributed by atoms with van der Waals surface area (Å²) in [7, 11) is 0. The summed E-state index contributed by atoms with van der Waals surface area (Å²) < 4.78 is 0. The van der Waals surface area contributed by atoms with E-state index in [0.29, 0.717) is 25.4 Å². The quantitative estimate of drug-likeness (QED) is 0.412. The second-order valence-electron chi connectivity index (χ2n) is 8.35. The number of nitrogens with two attached hydrogens (primary N) is 1. The largest absolute Gasteiger partial charge is 0.356 e. The number of nitrogens with zero attached hydrogens (tertiary/aromatic N) is 2. The van der Waals surface area contributed by atoms with E-state index >= 15 is 0 Å². The number of carbonyl (C=O) groups excluding carboxylic acids is 2. The van der Waals surface area contributed by atoms with Crippen LogP contribution in [0, 0.1) is 0 Å². The number of piperazine rings is 1. The molecule has 1 aliphatic rings. The lowest BCUT2D eigenvalue weighted by Crippen LogP contribution is -2.57. The maximum Gasteiger partial charge on any atom is 0.254 e. The number of hydrogen-bond donors (Lipinski definition) is 3. The van der Waals surface area contributed by atoms with Gasteiger partial charge in [-0.3, -0.25) is 14.5 Å². The molecule has 0 aliphatic carbocycles. The van der Waals surface area contributed by atoms with Crippen molar-refractivity contribution in [2.75, 3.05) is 38.5 Å².